The molecule has 25 heavy (non-hydrogen) atoms. The SMILES string of the molecule is Cc1ccc(-c2nc(N3CCN(C)CC3)s[n+]2-c2ccccc2)cc1. The number of anilines is 1. The Morgan fingerprint density at radius 1 is 0.920 bits per heavy atom. The maximum atomic E-state index is 5.02. The van der Waals surface area contributed by atoms with Crippen LogP contribution < -0.4 is 8.86 Å². The van der Waals surface area contributed by atoms with Gasteiger partial charge in [-0.2, -0.15) is 0 Å². The molecule has 4 rings (SSSR count). The number of nitrogens with zero attached hydrogens (tertiary/aromatic N) is 4. The van der Waals surface area contributed by atoms with Crippen LogP contribution in [0.5, 0.6) is 0 Å². The molecule has 1 aromatic heterocycles. The molecule has 1 saturated heterocycles. The molecule has 0 bridgehead atoms. The Morgan fingerprint density at radius 3 is 2.28 bits per heavy atom. The van der Waals surface area contributed by atoms with Gasteiger partial charge in [0, 0.05) is 26.2 Å². The van der Waals surface area contributed by atoms with Gasteiger partial charge in [0.2, 0.25) is 0 Å². The van der Waals surface area contributed by atoms with Gasteiger partial charge >= 0.3 is 11.0 Å². The average Bonchev–Trinajstić information content (AvgIpc) is 3.09. The third kappa shape index (κ3) is 3.43. The van der Waals surface area contributed by atoms with Crippen LogP contribution in [0.2, 0.25) is 0 Å². The van der Waals surface area contributed by atoms with Crippen LogP contribution in [0.4, 0.5) is 5.13 Å². The van der Waals surface area contributed by atoms with Gasteiger partial charge in [-0.1, -0.05) is 35.9 Å². The van der Waals surface area contributed by atoms with Crippen LogP contribution >= 0.6 is 11.5 Å². The second-order valence-electron chi connectivity index (χ2n) is 6.60. The highest BCUT2D eigenvalue weighted by Gasteiger charge is 2.29. The predicted octanol–water partition coefficient (Wildman–Crippen LogP) is 3.15. The fourth-order valence-electron chi connectivity index (χ4n) is 3.03. The van der Waals surface area contributed by atoms with Gasteiger partial charge in [-0.3, -0.25) is 0 Å². The van der Waals surface area contributed by atoms with E-state index >= 15 is 0 Å². The summed E-state index contributed by atoms with van der Waals surface area (Å²) in [4.78, 5) is 9.80. The largest absolute Gasteiger partial charge is 0.350 e. The summed E-state index contributed by atoms with van der Waals surface area (Å²) in [5.41, 5.74) is 3.59. The van der Waals surface area contributed by atoms with Crippen molar-refractivity contribution in [1.29, 1.82) is 0 Å². The lowest BCUT2D eigenvalue weighted by molar-refractivity contribution is -0.509. The van der Waals surface area contributed by atoms with E-state index in [1.54, 1.807) is 11.5 Å². The van der Waals surface area contributed by atoms with Crippen molar-refractivity contribution in [2.24, 2.45) is 0 Å². The molecule has 3 aromatic rings. The molecule has 1 aliphatic heterocycles. The number of rotatable bonds is 3. The van der Waals surface area contributed by atoms with Gasteiger partial charge in [0.1, 0.15) is 17.2 Å². The lowest BCUT2D eigenvalue weighted by Crippen LogP contribution is -2.44. The molecule has 5 heteroatoms. The minimum absolute atomic E-state index is 1.02. The third-order valence-corrected chi connectivity index (χ3v) is 5.72. The molecular formula is C20H23N4S+. The van der Waals surface area contributed by atoms with Gasteiger partial charge in [0.25, 0.3) is 0 Å². The van der Waals surface area contributed by atoms with E-state index in [9.17, 15) is 0 Å². The normalized spacial score (nSPS) is 15.5. The highest BCUT2D eigenvalue weighted by molar-refractivity contribution is 7.06. The topological polar surface area (TPSA) is 23.3 Å². The van der Waals surface area contributed by atoms with E-state index in [0.29, 0.717) is 0 Å². The van der Waals surface area contributed by atoms with E-state index < -0.39 is 0 Å². The Morgan fingerprint density at radius 2 is 1.60 bits per heavy atom. The van der Waals surface area contributed by atoms with Crippen molar-refractivity contribution >= 4 is 16.7 Å². The summed E-state index contributed by atoms with van der Waals surface area (Å²) in [6.45, 7) is 6.36. The Bertz CT molecular complexity index is 834. The highest BCUT2D eigenvalue weighted by Crippen LogP contribution is 2.25. The Labute approximate surface area is 153 Å². The number of aromatic nitrogens is 2. The number of benzene rings is 2. The second kappa shape index (κ2) is 6.94. The van der Waals surface area contributed by atoms with Crippen molar-refractivity contribution in [2.45, 2.75) is 6.92 Å². The molecule has 0 saturated carbocycles. The van der Waals surface area contributed by atoms with E-state index in [1.807, 2.05) is 0 Å². The number of hydrogen-bond donors (Lipinski definition) is 0. The van der Waals surface area contributed by atoms with Gasteiger partial charge in [0.15, 0.2) is 0 Å². The van der Waals surface area contributed by atoms with Crippen molar-refractivity contribution in [3.63, 3.8) is 0 Å². The minimum Gasteiger partial charge on any atom is -0.322 e. The number of para-hydroxylation sites is 1. The Hall–Kier alpha value is -2.24. The van der Waals surface area contributed by atoms with Crippen molar-refractivity contribution in [3.05, 3.63) is 60.2 Å². The monoisotopic (exact) mass is 351 g/mol. The first kappa shape index (κ1) is 16.2. The summed E-state index contributed by atoms with van der Waals surface area (Å²) in [5, 5.41) is 1.10. The smallest absolute Gasteiger partial charge is 0.322 e. The third-order valence-electron chi connectivity index (χ3n) is 4.64. The standard InChI is InChI=1S/C20H23N4S/c1-16-8-10-17(11-9-16)19-21-20(23-14-12-22(2)13-15-23)25-24(19)18-6-4-3-5-7-18/h3-11H,12-15H2,1-2H3/q+1. The van der Waals surface area contributed by atoms with Crippen molar-refractivity contribution in [3.8, 4) is 17.1 Å². The number of piperazine rings is 1. The molecule has 2 aromatic carbocycles. The van der Waals surface area contributed by atoms with Gasteiger partial charge < -0.3 is 9.80 Å². The summed E-state index contributed by atoms with van der Waals surface area (Å²) in [6, 6.07) is 19.1. The predicted molar refractivity (Wildman–Crippen MR) is 104 cm³/mol. The molecule has 0 unspecified atom stereocenters. The van der Waals surface area contributed by atoms with E-state index in [2.05, 4.69) is 82.3 Å². The lowest BCUT2D eigenvalue weighted by Gasteiger charge is -2.30. The number of likely N-dealkylation sites (N-methyl/N-ethyl adjacent to an activating group) is 1. The molecular weight excluding hydrogens is 328 g/mol. The first-order valence-electron chi connectivity index (χ1n) is 8.70. The van der Waals surface area contributed by atoms with Crippen LogP contribution in [0.1, 0.15) is 5.56 Å². The molecule has 1 aliphatic rings. The van der Waals surface area contributed by atoms with Crippen molar-refractivity contribution < 1.29 is 3.96 Å². The highest BCUT2D eigenvalue weighted by atomic mass is 32.1. The van der Waals surface area contributed by atoms with Crippen molar-refractivity contribution in [2.75, 3.05) is 38.1 Å². The van der Waals surface area contributed by atoms with E-state index in [4.69, 9.17) is 4.98 Å². The molecule has 0 N–H and O–H groups in total. The summed E-state index contributed by atoms with van der Waals surface area (Å²) in [7, 11) is 2.18. The molecule has 2 heterocycles. The maximum Gasteiger partial charge on any atom is 0.350 e. The zero-order valence-corrected chi connectivity index (χ0v) is 15.5. The van der Waals surface area contributed by atoms with Crippen LogP contribution in [0.15, 0.2) is 54.6 Å². The molecule has 0 spiro atoms. The first-order chi connectivity index (χ1) is 12.2. The summed E-state index contributed by atoms with van der Waals surface area (Å²) in [6.07, 6.45) is 0. The van der Waals surface area contributed by atoms with Gasteiger partial charge in [-0.25, -0.2) is 0 Å². The van der Waals surface area contributed by atoms with Gasteiger partial charge in [0.05, 0.1) is 5.56 Å². The maximum absolute atomic E-state index is 5.02. The first-order valence-corrected chi connectivity index (χ1v) is 9.47. The van der Waals surface area contributed by atoms with E-state index in [1.165, 1.54) is 5.56 Å². The second-order valence-corrected chi connectivity index (χ2v) is 7.51. The van der Waals surface area contributed by atoms with Crippen LogP contribution in [0.3, 0.4) is 0 Å². The van der Waals surface area contributed by atoms with Crippen LogP contribution in [-0.2, 0) is 0 Å². The summed E-state index contributed by atoms with van der Waals surface area (Å²) in [5.74, 6) is 1.02. The molecule has 0 atom stereocenters. The molecule has 0 aliphatic carbocycles. The van der Waals surface area contributed by atoms with Crippen LogP contribution in [0, 0.1) is 6.92 Å². The zero-order chi connectivity index (χ0) is 17.2. The van der Waals surface area contributed by atoms with Crippen LogP contribution in [-0.4, -0.2) is 43.1 Å². The molecule has 0 amide bonds. The molecule has 1 fully saturated rings. The van der Waals surface area contributed by atoms with E-state index in [-0.39, 0.29) is 0 Å². The fourth-order valence-corrected chi connectivity index (χ4v) is 4.08. The number of hydrogen-bond acceptors (Lipinski definition) is 4. The molecule has 4 nitrogen and oxygen atoms in total. The zero-order valence-electron chi connectivity index (χ0n) is 14.7. The fraction of sp³-hybridized carbons (Fsp3) is 0.300. The molecule has 128 valence electrons. The lowest BCUT2D eigenvalue weighted by atomic mass is 10.1. The minimum atomic E-state index is 1.02. The summed E-state index contributed by atoms with van der Waals surface area (Å²) < 4.78 is 2.25. The number of aryl methyl sites for hydroxylation is 1. The summed E-state index contributed by atoms with van der Waals surface area (Å²) >= 11 is 1.73. The Kier molecular flexibility index (Phi) is 4.51. The quantitative estimate of drug-likeness (QED) is 0.677. The Balaban J connectivity index is 1.77. The van der Waals surface area contributed by atoms with Crippen LogP contribution in [0.25, 0.3) is 17.1 Å². The average molecular weight is 351 g/mol. The van der Waals surface area contributed by atoms with E-state index in [0.717, 1.165) is 48.4 Å². The van der Waals surface area contributed by atoms with Gasteiger partial charge in [-0.15, -0.1) is 3.96 Å². The molecule has 0 radical (unpaired) electrons. The van der Waals surface area contributed by atoms with Gasteiger partial charge in [-0.05, 0) is 43.2 Å². The van der Waals surface area contributed by atoms with Crippen molar-refractivity contribution in [1.82, 2.24) is 9.88 Å².